The standard InChI is InChI=1S/C26H28N2O4/c1-16-13-18(14-17(2)28-16)25(30)24(29)11-12-27-26(31)32-15-23-21-9-5-3-7-19(21)20-8-4-6-10-22(20)23/h3-10,13-14,23-25,29-30H,11-12,15H2,1-2H3,(H,27,31). The number of rotatable bonds is 7. The molecule has 1 heterocycles. The van der Waals surface area contributed by atoms with Gasteiger partial charge < -0.3 is 20.3 Å². The van der Waals surface area contributed by atoms with Crippen LogP contribution in [0.25, 0.3) is 11.1 Å². The lowest BCUT2D eigenvalue weighted by Gasteiger charge is -2.19. The molecule has 2 aromatic carbocycles. The minimum Gasteiger partial charge on any atom is -0.449 e. The Labute approximate surface area is 187 Å². The first-order valence-corrected chi connectivity index (χ1v) is 10.8. The van der Waals surface area contributed by atoms with Gasteiger partial charge in [-0.05, 0) is 60.2 Å². The number of carbonyl (C=O) groups excluding carboxylic acids is 1. The lowest BCUT2D eigenvalue weighted by Crippen LogP contribution is -2.30. The third-order valence-electron chi connectivity index (χ3n) is 5.86. The quantitative estimate of drug-likeness (QED) is 0.525. The van der Waals surface area contributed by atoms with Crippen molar-refractivity contribution in [1.29, 1.82) is 0 Å². The Kier molecular flexibility index (Phi) is 6.53. The van der Waals surface area contributed by atoms with E-state index in [0.29, 0.717) is 5.56 Å². The lowest BCUT2D eigenvalue weighted by atomic mass is 9.98. The van der Waals surface area contributed by atoms with Crippen LogP contribution in [0, 0.1) is 13.8 Å². The highest BCUT2D eigenvalue weighted by molar-refractivity contribution is 5.79. The number of hydrogen-bond acceptors (Lipinski definition) is 5. The molecule has 0 aliphatic heterocycles. The Morgan fingerprint density at radius 1 is 1.00 bits per heavy atom. The maximum atomic E-state index is 12.2. The van der Waals surface area contributed by atoms with Gasteiger partial charge in [-0.1, -0.05) is 48.5 Å². The summed E-state index contributed by atoms with van der Waals surface area (Å²) in [6.45, 7) is 4.11. The van der Waals surface area contributed by atoms with Crippen molar-refractivity contribution in [3.8, 4) is 11.1 Å². The maximum Gasteiger partial charge on any atom is 0.407 e. The zero-order valence-corrected chi connectivity index (χ0v) is 18.3. The van der Waals surface area contributed by atoms with Gasteiger partial charge in [-0.25, -0.2) is 4.79 Å². The van der Waals surface area contributed by atoms with Crippen LogP contribution in [-0.2, 0) is 4.74 Å². The van der Waals surface area contributed by atoms with Crippen LogP contribution in [0.5, 0.6) is 0 Å². The fourth-order valence-corrected chi connectivity index (χ4v) is 4.39. The molecule has 1 aliphatic rings. The molecular weight excluding hydrogens is 404 g/mol. The second-order valence-electron chi connectivity index (χ2n) is 8.24. The molecule has 1 aromatic heterocycles. The fraction of sp³-hybridized carbons (Fsp3) is 0.308. The number of pyridine rings is 1. The zero-order valence-electron chi connectivity index (χ0n) is 18.3. The van der Waals surface area contributed by atoms with Crippen LogP contribution in [0.3, 0.4) is 0 Å². The van der Waals surface area contributed by atoms with Crippen LogP contribution in [0.2, 0.25) is 0 Å². The van der Waals surface area contributed by atoms with Crippen molar-refractivity contribution in [2.75, 3.05) is 13.2 Å². The molecule has 3 N–H and O–H groups in total. The second-order valence-corrected chi connectivity index (χ2v) is 8.24. The van der Waals surface area contributed by atoms with E-state index in [9.17, 15) is 15.0 Å². The lowest BCUT2D eigenvalue weighted by molar-refractivity contribution is 0.0135. The van der Waals surface area contributed by atoms with Crippen molar-refractivity contribution >= 4 is 6.09 Å². The maximum absolute atomic E-state index is 12.2. The summed E-state index contributed by atoms with van der Waals surface area (Å²) in [4.78, 5) is 16.5. The number of hydrogen-bond donors (Lipinski definition) is 3. The number of aliphatic hydroxyl groups excluding tert-OH is 2. The van der Waals surface area contributed by atoms with Crippen LogP contribution in [-0.4, -0.2) is 40.5 Å². The number of alkyl carbamates (subject to hydrolysis) is 1. The minimum atomic E-state index is -1.04. The van der Waals surface area contributed by atoms with Crippen molar-refractivity contribution in [2.24, 2.45) is 0 Å². The topological polar surface area (TPSA) is 91.7 Å². The molecule has 0 saturated heterocycles. The first-order chi connectivity index (χ1) is 15.4. The summed E-state index contributed by atoms with van der Waals surface area (Å²) >= 11 is 0. The summed E-state index contributed by atoms with van der Waals surface area (Å²) in [5.74, 6) is -0.00117. The Morgan fingerprint density at radius 3 is 2.16 bits per heavy atom. The molecule has 2 atom stereocenters. The molecule has 1 amide bonds. The van der Waals surface area contributed by atoms with E-state index >= 15 is 0 Å². The first kappa shape index (κ1) is 22.0. The molecule has 3 aromatic rings. The number of nitrogens with zero attached hydrogens (tertiary/aromatic N) is 1. The average molecular weight is 433 g/mol. The summed E-state index contributed by atoms with van der Waals surface area (Å²) in [5.41, 5.74) is 6.84. The van der Waals surface area contributed by atoms with E-state index in [1.807, 2.05) is 38.1 Å². The minimum absolute atomic E-state index is 0.00117. The number of aromatic nitrogens is 1. The van der Waals surface area contributed by atoms with Gasteiger partial charge in [0.2, 0.25) is 0 Å². The van der Waals surface area contributed by atoms with E-state index in [4.69, 9.17) is 4.74 Å². The highest BCUT2D eigenvalue weighted by atomic mass is 16.5. The predicted molar refractivity (Wildman–Crippen MR) is 122 cm³/mol. The van der Waals surface area contributed by atoms with Crippen LogP contribution < -0.4 is 5.32 Å². The van der Waals surface area contributed by atoms with Crippen LogP contribution in [0.15, 0.2) is 60.7 Å². The molecule has 2 unspecified atom stereocenters. The molecule has 32 heavy (non-hydrogen) atoms. The van der Waals surface area contributed by atoms with Crippen LogP contribution in [0.4, 0.5) is 4.79 Å². The zero-order chi connectivity index (χ0) is 22.7. The number of ether oxygens (including phenoxy) is 1. The predicted octanol–water partition coefficient (Wildman–Crippen LogP) is 4.02. The van der Waals surface area contributed by atoms with Crippen molar-refractivity contribution in [3.05, 3.63) is 88.7 Å². The second kappa shape index (κ2) is 9.51. The molecule has 0 radical (unpaired) electrons. The van der Waals surface area contributed by atoms with Gasteiger partial charge in [0.15, 0.2) is 0 Å². The molecule has 1 aliphatic carbocycles. The normalized spacial score (nSPS) is 14.4. The van der Waals surface area contributed by atoms with Crippen molar-refractivity contribution in [2.45, 2.75) is 38.4 Å². The van der Waals surface area contributed by atoms with E-state index in [1.165, 1.54) is 11.1 Å². The van der Waals surface area contributed by atoms with Crippen molar-refractivity contribution in [3.63, 3.8) is 0 Å². The highest BCUT2D eigenvalue weighted by Crippen LogP contribution is 2.44. The average Bonchev–Trinajstić information content (AvgIpc) is 3.10. The number of nitrogens with one attached hydrogen (secondary N) is 1. The Morgan fingerprint density at radius 2 is 1.56 bits per heavy atom. The molecular formula is C26H28N2O4. The van der Waals surface area contributed by atoms with E-state index in [0.717, 1.165) is 22.5 Å². The molecule has 4 rings (SSSR count). The number of carbonyl (C=O) groups is 1. The third kappa shape index (κ3) is 4.66. The number of amides is 1. The summed E-state index contributed by atoms with van der Waals surface area (Å²) < 4.78 is 5.50. The van der Waals surface area contributed by atoms with Crippen LogP contribution >= 0.6 is 0 Å². The largest absolute Gasteiger partial charge is 0.449 e. The summed E-state index contributed by atoms with van der Waals surface area (Å²) in [6, 6.07) is 19.8. The van der Waals surface area contributed by atoms with Crippen molar-refractivity contribution < 1.29 is 19.7 Å². The van der Waals surface area contributed by atoms with E-state index in [-0.39, 0.29) is 25.5 Å². The number of aryl methyl sites for hydroxylation is 2. The number of fused-ring (bicyclic) bond motifs is 3. The smallest absolute Gasteiger partial charge is 0.407 e. The van der Waals surface area contributed by atoms with Gasteiger partial charge in [-0.3, -0.25) is 4.98 Å². The number of aliphatic hydroxyl groups is 2. The van der Waals surface area contributed by atoms with E-state index in [2.05, 4.69) is 34.6 Å². The molecule has 0 fully saturated rings. The SMILES string of the molecule is Cc1cc(C(O)C(O)CCNC(=O)OCC2c3ccccc3-c3ccccc32)cc(C)n1. The Balaban J connectivity index is 1.29. The van der Waals surface area contributed by atoms with Crippen LogP contribution in [0.1, 0.15) is 46.5 Å². The van der Waals surface area contributed by atoms with Crippen molar-refractivity contribution in [1.82, 2.24) is 10.3 Å². The summed E-state index contributed by atoms with van der Waals surface area (Å²) in [7, 11) is 0. The molecule has 0 spiro atoms. The molecule has 6 heteroatoms. The van der Waals surface area contributed by atoms with Gasteiger partial charge in [0, 0.05) is 23.9 Å². The van der Waals surface area contributed by atoms with Gasteiger partial charge >= 0.3 is 6.09 Å². The molecule has 0 saturated carbocycles. The van der Waals surface area contributed by atoms with Gasteiger partial charge in [0.05, 0.1) is 6.10 Å². The summed E-state index contributed by atoms with van der Waals surface area (Å²) in [5, 5.41) is 23.4. The monoisotopic (exact) mass is 432 g/mol. The molecule has 166 valence electrons. The highest BCUT2D eigenvalue weighted by Gasteiger charge is 2.29. The van der Waals surface area contributed by atoms with Gasteiger partial charge in [-0.15, -0.1) is 0 Å². The van der Waals surface area contributed by atoms with E-state index < -0.39 is 18.3 Å². The van der Waals surface area contributed by atoms with Gasteiger partial charge in [0.25, 0.3) is 0 Å². The third-order valence-corrected chi connectivity index (χ3v) is 5.86. The molecule has 0 bridgehead atoms. The Hall–Kier alpha value is -3.22. The fourth-order valence-electron chi connectivity index (χ4n) is 4.39. The number of benzene rings is 2. The van der Waals surface area contributed by atoms with E-state index in [1.54, 1.807) is 12.1 Å². The molecule has 6 nitrogen and oxygen atoms in total. The van der Waals surface area contributed by atoms with Gasteiger partial charge in [0.1, 0.15) is 12.7 Å². The van der Waals surface area contributed by atoms with Gasteiger partial charge in [-0.2, -0.15) is 0 Å². The summed E-state index contributed by atoms with van der Waals surface area (Å²) in [6.07, 6.45) is -2.39. The Bertz CT molecular complexity index is 1050. The first-order valence-electron chi connectivity index (χ1n) is 10.8.